The zero-order chi connectivity index (χ0) is 14.9. The monoisotopic (exact) mass is 278 g/mol. The Kier molecular flexibility index (Phi) is 4.06. The SMILES string of the molecule is CCC(C)N1C(=O)CC(Nc2c(C)cccc2F)C1=O. The highest BCUT2D eigenvalue weighted by Gasteiger charge is 2.40. The lowest BCUT2D eigenvalue weighted by Gasteiger charge is -2.22. The summed E-state index contributed by atoms with van der Waals surface area (Å²) in [5.74, 6) is -0.880. The van der Waals surface area contributed by atoms with Crippen molar-refractivity contribution >= 4 is 17.5 Å². The van der Waals surface area contributed by atoms with Gasteiger partial charge in [-0.15, -0.1) is 0 Å². The summed E-state index contributed by atoms with van der Waals surface area (Å²) in [6.07, 6.45) is 0.792. The van der Waals surface area contributed by atoms with E-state index in [2.05, 4.69) is 5.32 Å². The molecular formula is C15H19FN2O2. The molecule has 2 atom stereocenters. The largest absolute Gasteiger partial charge is 0.371 e. The van der Waals surface area contributed by atoms with Crippen LogP contribution in [0.5, 0.6) is 0 Å². The summed E-state index contributed by atoms with van der Waals surface area (Å²) >= 11 is 0. The zero-order valence-electron chi connectivity index (χ0n) is 11.9. The quantitative estimate of drug-likeness (QED) is 0.861. The third kappa shape index (κ3) is 2.53. The van der Waals surface area contributed by atoms with Gasteiger partial charge in [-0.25, -0.2) is 4.39 Å². The first-order valence-corrected chi connectivity index (χ1v) is 6.83. The molecule has 1 saturated heterocycles. The molecule has 108 valence electrons. The molecule has 4 nitrogen and oxygen atoms in total. The highest BCUT2D eigenvalue weighted by atomic mass is 19.1. The second kappa shape index (κ2) is 5.61. The average molecular weight is 278 g/mol. The summed E-state index contributed by atoms with van der Waals surface area (Å²) in [4.78, 5) is 25.5. The molecule has 1 aromatic rings. The third-order valence-corrected chi connectivity index (χ3v) is 3.76. The Bertz CT molecular complexity index is 524. The Labute approximate surface area is 118 Å². The molecule has 2 rings (SSSR count). The van der Waals surface area contributed by atoms with Crippen molar-refractivity contribution in [3.05, 3.63) is 29.6 Å². The molecule has 0 aliphatic carbocycles. The number of carbonyl (C=O) groups excluding carboxylic acids is 2. The number of imide groups is 1. The number of nitrogens with one attached hydrogen (secondary N) is 1. The normalized spacial score (nSPS) is 20.4. The van der Waals surface area contributed by atoms with E-state index in [4.69, 9.17) is 0 Å². The van der Waals surface area contributed by atoms with Crippen LogP contribution in [0.1, 0.15) is 32.3 Å². The molecular weight excluding hydrogens is 259 g/mol. The lowest BCUT2D eigenvalue weighted by molar-refractivity contribution is -0.140. The number of anilines is 1. The van der Waals surface area contributed by atoms with Crippen LogP contribution < -0.4 is 5.32 Å². The van der Waals surface area contributed by atoms with Crippen molar-refractivity contribution in [2.45, 2.75) is 45.7 Å². The third-order valence-electron chi connectivity index (χ3n) is 3.76. The van der Waals surface area contributed by atoms with Crippen LogP contribution in [0.15, 0.2) is 18.2 Å². The van der Waals surface area contributed by atoms with Gasteiger partial charge in [0.25, 0.3) is 5.91 Å². The molecule has 0 bridgehead atoms. The lowest BCUT2D eigenvalue weighted by Crippen LogP contribution is -2.40. The first-order valence-electron chi connectivity index (χ1n) is 6.83. The number of amides is 2. The molecule has 0 saturated carbocycles. The summed E-state index contributed by atoms with van der Waals surface area (Å²) in [5, 5.41) is 2.88. The van der Waals surface area contributed by atoms with Crippen molar-refractivity contribution in [1.29, 1.82) is 0 Å². The van der Waals surface area contributed by atoms with Crippen LogP contribution in [0.4, 0.5) is 10.1 Å². The first kappa shape index (κ1) is 14.5. The number of rotatable bonds is 4. The fraction of sp³-hybridized carbons (Fsp3) is 0.467. The van der Waals surface area contributed by atoms with Crippen LogP contribution in [0, 0.1) is 12.7 Å². The molecule has 1 aliphatic heterocycles. The van der Waals surface area contributed by atoms with Gasteiger partial charge in [0.05, 0.1) is 12.1 Å². The number of nitrogens with zero attached hydrogens (tertiary/aromatic N) is 1. The molecule has 0 radical (unpaired) electrons. The van der Waals surface area contributed by atoms with Crippen molar-refractivity contribution < 1.29 is 14.0 Å². The van der Waals surface area contributed by atoms with Crippen LogP contribution in [0.25, 0.3) is 0 Å². The van der Waals surface area contributed by atoms with Gasteiger partial charge in [0.1, 0.15) is 11.9 Å². The summed E-state index contributed by atoms with van der Waals surface area (Å²) in [6, 6.07) is 3.92. The summed E-state index contributed by atoms with van der Waals surface area (Å²) in [6.45, 7) is 5.53. The van der Waals surface area contributed by atoms with Crippen LogP contribution in [0.3, 0.4) is 0 Å². The van der Waals surface area contributed by atoms with E-state index >= 15 is 0 Å². The number of likely N-dealkylation sites (tertiary alicyclic amines) is 1. The maximum atomic E-state index is 13.8. The van der Waals surface area contributed by atoms with E-state index in [9.17, 15) is 14.0 Å². The van der Waals surface area contributed by atoms with Crippen LogP contribution in [-0.4, -0.2) is 28.8 Å². The number of hydrogen-bond donors (Lipinski definition) is 1. The minimum absolute atomic E-state index is 0.0803. The zero-order valence-corrected chi connectivity index (χ0v) is 11.9. The topological polar surface area (TPSA) is 49.4 Å². The van der Waals surface area contributed by atoms with Crippen molar-refractivity contribution in [1.82, 2.24) is 4.90 Å². The Hall–Kier alpha value is -1.91. The Morgan fingerprint density at radius 1 is 1.45 bits per heavy atom. The van der Waals surface area contributed by atoms with E-state index in [1.807, 2.05) is 13.8 Å². The van der Waals surface area contributed by atoms with E-state index in [1.54, 1.807) is 19.1 Å². The Morgan fingerprint density at radius 3 is 2.75 bits per heavy atom. The molecule has 1 aromatic carbocycles. The number of hydrogen-bond acceptors (Lipinski definition) is 3. The van der Waals surface area contributed by atoms with Gasteiger partial charge in [0, 0.05) is 6.04 Å². The predicted octanol–water partition coefficient (Wildman–Crippen LogP) is 2.47. The van der Waals surface area contributed by atoms with Gasteiger partial charge in [0.2, 0.25) is 5.91 Å². The molecule has 2 amide bonds. The van der Waals surface area contributed by atoms with E-state index in [1.165, 1.54) is 11.0 Å². The van der Waals surface area contributed by atoms with Crippen LogP contribution in [-0.2, 0) is 9.59 Å². The molecule has 0 spiro atoms. The molecule has 0 aromatic heterocycles. The lowest BCUT2D eigenvalue weighted by atomic mass is 10.1. The number of halogens is 1. The maximum absolute atomic E-state index is 13.8. The highest BCUT2D eigenvalue weighted by Crippen LogP contribution is 2.25. The molecule has 20 heavy (non-hydrogen) atoms. The number of benzene rings is 1. The smallest absolute Gasteiger partial charge is 0.252 e. The van der Waals surface area contributed by atoms with E-state index in [-0.39, 0.29) is 24.3 Å². The van der Waals surface area contributed by atoms with E-state index < -0.39 is 11.9 Å². The Morgan fingerprint density at radius 2 is 2.15 bits per heavy atom. The van der Waals surface area contributed by atoms with Crippen molar-refractivity contribution in [3.8, 4) is 0 Å². The van der Waals surface area contributed by atoms with Gasteiger partial charge < -0.3 is 5.32 Å². The van der Waals surface area contributed by atoms with Crippen molar-refractivity contribution in [2.75, 3.05) is 5.32 Å². The van der Waals surface area contributed by atoms with Gasteiger partial charge in [-0.3, -0.25) is 14.5 Å². The van der Waals surface area contributed by atoms with Crippen molar-refractivity contribution in [3.63, 3.8) is 0 Å². The van der Waals surface area contributed by atoms with Crippen LogP contribution >= 0.6 is 0 Å². The fourth-order valence-electron chi connectivity index (χ4n) is 2.40. The van der Waals surface area contributed by atoms with E-state index in [0.29, 0.717) is 17.7 Å². The fourth-order valence-corrected chi connectivity index (χ4v) is 2.40. The predicted molar refractivity (Wildman–Crippen MR) is 74.8 cm³/mol. The second-order valence-corrected chi connectivity index (χ2v) is 5.19. The van der Waals surface area contributed by atoms with Gasteiger partial charge in [-0.05, 0) is 31.9 Å². The van der Waals surface area contributed by atoms with Gasteiger partial charge in [-0.2, -0.15) is 0 Å². The van der Waals surface area contributed by atoms with E-state index in [0.717, 1.165) is 0 Å². The van der Waals surface area contributed by atoms with Gasteiger partial charge >= 0.3 is 0 Å². The summed E-state index contributed by atoms with van der Waals surface area (Å²) in [5.41, 5.74) is 1.01. The highest BCUT2D eigenvalue weighted by molar-refractivity contribution is 6.07. The molecule has 1 heterocycles. The molecule has 5 heteroatoms. The van der Waals surface area contributed by atoms with Crippen molar-refractivity contribution in [2.24, 2.45) is 0 Å². The minimum atomic E-state index is -0.674. The van der Waals surface area contributed by atoms with Gasteiger partial charge in [-0.1, -0.05) is 19.1 Å². The average Bonchev–Trinajstić information content (AvgIpc) is 2.68. The summed E-state index contributed by atoms with van der Waals surface area (Å²) < 4.78 is 13.8. The van der Waals surface area contributed by atoms with Gasteiger partial charge in [0.15, 0.2) is 0 Å². The van der Waals surface area contributed by atoms with Crippen LogP contribution in [0.2, 0.25) is 0 Å². The molecule has 1 N–H and O–H groups in total. The molecule has 1 fully saturated rings. The number of aryl methyl sites for hydroxylation is 1. The standard InChI is InChI=1S/C15H19FN2O2/c1-4-10(3)18-13(19)8-12(15(18)20)17-14-9(2)6-5-7-11(14)16/h5-7,10,12,17H,4,8H2,1-3H3. The minimum Gasteiger partial charge on any atom is -0.371 e. The molecule has 1 aliphatic rings. The molecule has 2 unspecified atom stereocenters. The number of para-hydroxylation sites is 1. The summed E-state index contributed by atoms with van der Waals surface area (Å²) in [7, 11) is 0. The maximum Gasteiger partial charge on any atom is 0.252 e. The number of carbonyl (C=O) groups is 2. The first-order chi connectivity index (χ1) is 9.45. The second-order valence-electron chi connectivity index (χ2n) is 5.19. The Balaban J connectivity index is 2.20.